The number of anilines is 1. The van der Waals surface area contributed by atoms with Crippen LogP contribution >= 0.6 is 27.7 Å². The molecule has 1 amide bonds. The van der Waals surface area contributed by atoms with E-state index in [4.69, 9.17) is 9.47 Å². The van der Waals surface area contributed by atoms with E-state index in [9.17, 15) is 4.79 Å². The normalized spacial score (nSPS) is 14.8. The lowest BCUT2D eigenvalue weighted by Gasteiger charge is -2.30. The molecule has 3 aromatic rings. The zero-order valence-electron chi connectivity index (χ0n) is 17.3. The fourth-order valence-electron chi connectivity index (χ4n) is 3.38. The number of hydrogen-bond acceptors (Lipinski definition) is 7. The quantitative estimate of drug-likeness (QED) is 0.442. The van der Waals surface area contributed by atoms with Gasteiger partial charge in [-0.15, -0.1) is 10.2 Å². The van der Waals surface area contributed by atoms with Crippen molar-refractivity contribution in [1.29, 1.82) is 0 Å². The summed E-state index contributed by atoms with van der Waals surface area (Å²) >= 11 is 5.00. The van der Waals surface area contributed by atoms with Gasteiger partial charge < -0.3 is 9.47 Å². The number of benzene rings is 2. The molecule has 0 N–H and O–H groups in total. The molecule has 0 unspecified atom stereocenters. The maximum atomic E-state index is 12.8. The topological polar surface area (TPSA) is 77.4 Å². The minimum absolute atomic E-state index is 0.161. The van der Waals surface area contributed by atoms with Gasteiger partial charge in [0, 0.05) is 22.5 Å². The molecular formula is C22H21BrN4O3S. The Labute approximate surface area is 193 Å². The molecule has 31 heavy (non-hydrogen) atoms. The van der Waals surface area contributed by atoms with Gasteiger partial charge in [-0.2, -0.15) is 4.98 Å². The molecule has 0 spiro atoms. The second kappa shape index (κ2) is 9.23. The van der Waals surface area contributed by atoms with Gasteiger partial charge >= 0.3 is 0 Å². The highest BCUT2D eigenvalue weighted by Crippen LogP contribution is 2.44. The van der Waals surface area contributed by atoms with Gasteiger partial charge in [-0.1, -0.05) is 34.6 Å². The second-order valence-electron chi connectivity index (χ2n) is 6.70. The van der Waals surface area contributed by atoms with Crippen LogP contribution in [0.4, 0.5) is 5.69 Å². The van der Waals surface area contributed by atoms with Crippen LogP contribution in [0.3, 0.4) is 0 Å². The van der Waals surface area contributed by atoms with E-state index in [1.807, 2.05) is 56.3 Å². The third-order valence-corrected chi connectivity index (χ3v) is 5.87. The molecule has 0 saturated carbocycles. The summed E-state index contributed by atoms with van der Waals surface area (Å²) in [6.07, 6.45) is -0.717. The molecule has 1 aliphatic rings. The zero-order valence-corrected chi connectivity index (χ0v) is 19.7. The smallest absolute Gasteiger partial charge is 0.247 e. The van der Waals surface area contributed by atoms with Crippen LogP contribution in [-0.4, -0.2) is 33.4 Å². The standard InChI is InChI=1S/C22H21BrN4O3S/c1-4-29-16-9-6-14(7-10-16)21-27(13(3)28)18-11-8-15(23)12-17(18)19-20(30-21)24-22(26-25-19)31-5-2/h6-12,21H,4-5H2,1-3H3/t21-/m1/s1. The van der Waals surface area contributed by atoms with E-state index >= 15 is 0 Å². The van der Waals surface area contributed by atoms with E-state index < -0.39 is 6.23 Å². The highest BCUT2D eigenvalue weighted by molar-refractivity contribution is 9.10. The molecule has 0 radical (unpaired) electrons. The number of aromatic nitrogens is 3. The largest absolute Gasteiger partial charge is 0.494 e. The number of carbonyl (C=O) groups excluding carboxylic acids is 1. The van der Waals surface area contributed by atoms with Crippen LogP contribution in [0.1, 0.15) is 32.6 Å². The van der Waals surface area contributed by atoms with Gasteiger partial charge in [0.1, 0.15) is 5.75 Å². The third-order valence-electron chi connectivity index (χ3n) is 4.66. The first-order chi connectivity index (χ1) is 15.0. The molecule has 2 heterocycles. The molecule has 1 aliphatic heterocycles. The lowest BCUT2D eigenvalue weighted by Crippen LogP contribution is -2.36. The van der Waals surface area contributed by atoms with E-state index in [0.717, 1.165) is 27.1 Å². The lowest BCUT2D eigenvalue weighted by atomic mass is 10.1. The summed E-state index contributed by atoms with van der Waals surface area (Å²) in [6.45, 7) is 6.05. The van der Waals surface area contributed by atoms with E-state index in [2.05, 4.69) is 31.1 Å². The molecule has 0 bridgehead atoms. The Bertz CT molecular complexity index is 1110. The van der Waals surface area contributed by atoms with Crippen molar-refractivity contribution in [3.63, 3.8) is 0 Å². The summed E-state index contributed by atoms with van der Waals surface area (Å²) < 4.78 is 12.8. The maximum Gasteiger partial charge on any atom is 0.247 e. The number of halogens is 1. The zero-order chi connectivity index (χ0) is 22.0. The van der Waals surface area contributed by atoms with Crippen molar-refractivity contribution >= 4 is 39.3 Å². The van der Waals surface area contributed by atoms with Crippen molar-refractivity contribution in [2.24, 2.45) is 0 Å². The minimum atomic E-state index is -0.717. The van der Waals surface area contributed by atoms with E-state index in [-0.39, 0.29) is 5.91 Å². The summed E-state index contributed by atoms with van der Waals surface area (Å²) in [4.78, 5) is 19.0. The van der Waals surface area contributed by atoms with Gasteiger partial charge in [0.2, 0.25) is 23.2 Å². The average Bonchev–Trinajstić information content (AvgIpc) is 2.89. The van der Waals surface area contributed by atoms with Crippen LogP contribution in [-0.2, 0) is 4.79 Å². The minimum Gasteiger partial charge on any atom is -0.494 e. The maximum absolute atomic E-state index is 12.8. The molecule has 0 aliphatic carbocycles. The summed E-state index contributed by atoms with van der Waals surface area (Å²) in [7, 11) is 0. The molecule has 0 fully saturated rings. The Morgan fingerprint density at radius 3 is 2.65 bits per heavy atom. The Hall–Kier alpha value is -2.65. The summed E-state index contributed by atoms with van der Waals surface area (Å²) in [5.41, 5.74) is 2.70. The highest BCUT2D eigenvalue weighted by atomic mass is 79.9. The number of rotatable bonds is 5. The lowest BCUT2D eigenvalue weighted by molar-refractivity contribution is -0.118. The van der Waals surface area contributed by atoms with Crippen molar-refractivity contribution < 1.29 is 14.3 Å². The summed E-state index contributed by atoms with van der Waals surface area (Å²) in [5.74, 6) is 1.74. The summed E-state index contributed by atoms with van der Waals surface area (Å²) in [6, 6.07) is 13.2. The van der Waals surface area contributed by atoms with Gasteiger partial charge in [0.15, 0.2) is 5.69 Å². The Morgan fingerprint density at radius 1 is 1.19 bits per heavy atom. The van der Waals surface area contributed by atoms with Crippen molar-refractivity contribution in [3.05, 3.63) is 52.5 Å². The van der Waals surface area contributed by atoms with Crippen molar-refractivity contribution in [2.45, 2.75) is 32.2 Å². The van der Waals surface area contributed by atoms with Crippen LogP contribution in [0.5, 0.6) is 11.6 Å². The van der Waals surface area contributed by atoms with Crippen molar-refractivity contribution in [2.75, 3.05) is 17.3 Å². The fraction of sp³-hybridized carbons (Fsp3) is 0.273. The fourth-order valence-corrected chi connectivity index (χ4v) is 4.24. The Kier molecular flexibility index (Phi) is 6.43. The van der Waals surface area contributed by atoms with Crippen molar-refractivity contribution in [1.82, 2.24) is 15.2 Å². The monoisotopic (exact) mass is 500 g/mol. The van der Waals surface area contributed by atoms with Crippen LogP contribution in [0, 0.1) is 0 Å². The number of carbonyl (C=O) groups is 1. The predicted molar refractivity (Wildman–Crippen MR) is 124 cm³/mol. The molecular weight excluding hydrogens is 480 g/mol. The molecule has 2 aromatic carbocycles. The Balaban J connectivity index is 1.90. The molecule has 1 atom stereocenters. The first-order valence-corrected chi connectivity index (χ1v) is 11.7. The SMILES string of the molecule is CCOc1ccc([C@H]2Oc3nc(SCC)nnc3-c3cc(Br)ccc3N2C(C)=O)cc1. The van der Waals surface area contributed by atoms with Crippen LogP contribution < -0.4 is 14.4 Å². The first kappa shape index (κ1) is 21.6. The number of fused-ring (bicyclic) bond motifs is 3. The number of thioether (sulfide) groups is 1. The van der Waals surface area contributed by atoms with Crippen LogP contribution in [0.15, 0.2) is 52.1 Å². The third kappa shape index (κ3) is 4.38. The van der Waals surface area contributed by atoms with E-state index in [0.29, 0.717) is 29.0 Å². The first-order valence-electron chi connectivity index (χ1n) is 9.88. The second-order valence-corrected chi connectivity index (χ2v) is 8.85. The number of nitrogens with zero attached hydrogens (tertiary/aromatic N) is 4. The highest BCUT2D eigenvalue weighted by Gasteiger charge is 2.34. The van der Waals surface area contributed by atoms with Gasteiger partial charge in [0.05, 0.1) is 12.3 Å². The van der Waals surface area contributed by atoms with Gasteiger partial charge in [-0.25, -0.2) is 0 Å². The molecule has 0 saturated heterocycles. The van der Waals surface area contributed by atoms with Crippen LogP contribution in [0.25, 0.3) is 11.3 Å². The van der Waals surface area contributed by atoms with E-state index in [1.165, 1.54) is 18.7 Å². The average molecular weight is 501 g/mol. The van der Waals surface area contributed by atoms with E-state index in [1.54, 1.807) is 4.90 Å². The van der Waals surface area contributed by atoms with Gasteiger partial charge in [-0.3, -0.25) is 9.69 Å². The van der Waals surface area contributed by atoms with Gasteiger partial charge in [0.25, 0.3) is 0 Å². The number of ether oxygens (including phenoxy) is 2. The number of amides is 1. The Morgan fingerprint density at radius 2 is 1.97 bits per heavy atom. The van der Waals surface area contributed by atoms with Gasteiger partial charge in [-0.05, 0) is 55.1 Å². The molecule has 4 rings (SSSR count). The molecule has 9 heteroatoms. The van der Waals surface area contributed by atoms with Crippen LogP contribution in [0.2, 0.25) is 0 Å². The molecule has 160 valence electrons. The number of hydrogen-bond donors (Lipinski definition) is 0. The predicted octanol–water partition coefficient (Wildman–Crippen LogP) is 5.26. The molecule has 7 nitrogen and oxygen atoms in total. The summed E-state index contributed by atoms with van der Waals surface area (Å²) in [5, 5.41) is 9.17. The van der Waals surface area contributed by atoms with Crippen molar-refractivity contribution in [3.8, 4) is 22.9 Å². The molecule has 1 aromatic heterocycles.